The van der Waals surface area contributed by atoms with Crippen LogP contribution in [0.15, 0.2) is 53.4 Å². The molecule has 2 aromatic carbocycles. The molecular formula is C18H16F2N2O3S. The number of halogens is 2. The molecule has 2 aromatic rings. The molecule has 2 N–H and O–H groups in total. The molecule has 0 aliphatic carbocycles. The van der Waals surface area contributed by atoms with Gasteiger partial charge in [0.15, 0.2) is 5.78 Å². The molecule has 2 rings (SSSR count). The maximum atomic E-state index is 13.4. The maximum absolute atomic E-state index is 13.4. The van der Waals surface area contributed by atoms with Crippen molar-refractivity contribution in [1.82, 2.24) is 10.9 Å². The van der Waals surface area contributed by atoms with Crippen LogP contribution in [0.5, 0.6) is 0 Å². The number of rotatable bonds is 7. The minimum atomic E-state index is -0.537. The average Bonchev–Trinajstić information content (AvgIpc) is 2.64. The highest BCUT2D eigenvalue weighted by Crippen LogP contribution is 2.20. The first kappa shape index (κ1) is 19.6. The van der Waals surface area contributed by atoms with Crippen molar-refractivity contribution in [2.45, 2.75) is 17.7 Å². The summed E-state index contributed by atoms with van der Waals surface area (Å²) in [6, 6.07) is 11.1. The van der Waals surface area contributed by atoms with E-state index in [2.05, 4.69) is 10.9 Å². The number of hydrogen-bond donors (Lipinski definition) is 2. The molecule has 0 aromatic heterocycles. The summed E-state index contributed by atoms with van der Waals surface area (Å²) in [4.78, 5) is 35.5. The van der Waals surface area contributed by atoms with Crippen LogP contribution in [0.4, 0.5) is 8.78 Å². The van der Waals surface area contributed by atoms with Gasteiger partial charge in [-0.15, -0.1) is 11.8 Å². The maximum Gasteiger partial charge on any atom is 0.248 e. The van der Waals surface area contributed by atoms with Crippen LogP contribution in [0.3, 0.4) is 0 Å². The number of Topliss-reactive ketones (excluding diaryl/α,β-unsaturated/α-hetero) is 1. The minimum absolute atomic E-state index is 0.0721. The summed E-state index contributed by atoms with van der Waals surface area (Å²) in [6.45, 7) is 0. The van der Waals surface area contributed by atoms with Gasteiger partial charge in [-0.1, -0.05) is 12.1 Å². The second-order valence-corrected chi connectivity index (χ2v) is 6.26. The third kappa shape index (κ3) is 6.29. The Hall–Kier alpha value is -2.74. The quantitative estimate of drug-likeness (QED) is 0.441. The van der Waals surface area contributed by atoms with Crippen LogP contribution in [-0.2, 0) is 9.59 Å². The SMILES string of the molecule is O=C(CCC(=O)c1ccc(F)cc1)NNC(=O)CSc1ccccc1F. The molecule has 0 bridgehead atoms. The second-order valence-electron chi connectivity index (χ2n) is 5.25. The van der Waals surface area contributed by atoms with E-state index in [0.717, 1.165) is 11.8 Å². The first-order chi connectivity index (χ1) is 12.5. The third-order valence-electron chi connectivity index (χ3n) is 3.28. The lowest BCUT2D eigenvalue weighted by Gasteiger charge is -2.07. The van der Waals surface area contributed by atoms with Crippen LogP contribution >= 0.6 is 11.8 Å². The Kier molecular flexibility index (Phi) is 7.28. The van der Waals surface area contributed by atoms with Gasteiger partial charge in [0.2, 0.25) is 11.8 Å². The summed E-state index contributed by atoms with van der Waals surface area (Å²) < 4.78 is 26.2. The van der Waals surface area contributed by atoms with Crippen LogP contribution in [0.25, 0.3) is 0 Å². The normalized spacial score (nSPS) is 10.2. The Morgan fingerprint density at radius 2 is 1.50 bits per heavy atom. The van der Waals surface area contributed by atoms with Gasteiger partial charge >= 0.3 is 0 Å². The lowest BCUT2D eigenvalue weighted by atomic mass is 10.1. The van der Waals surface area contributed by atoms with Crippen molar-refractivity contribution in [2.75, 3.05) is 5.75 Å². The number of benzene rings is 2. The van der Waals surface area contributed by atoms with Crippen LogP contribution in [0.1, 0.15) is 23.2 Å². The first-order valence-electron chi connectivity index (χ1n) is 7.69. The molecule has 0 radical (unpaired) electrons. The molecule has 0 fully saturated rings. The lowest BCUT2D eigenvalue weighted by Crippen LogP contribution is -2.42. The van der Waals surface area contributed by atoms with Gasteiger partial charge < -0.3 is 0 Å². The van der Waals surface area contributed by atoms with Crippen LogP contribution in [-0.4, -0.2) is 23.4 Å². The summed E-state index contributed by atoms with van der Waals surface area (Å²) in [5.41, 5.74) is 4.70. The van der Waals surface area contributed by atoms with E-state index in [-0.39, 0.29) is 24.4 Å². The second kappa shape index (κ2) is 9.67. The highest BCUT2D eigenvalue weighted by Gasteiger charge is 2.11. The van der Waals surface area contributed by atoms with Crippen LogP contribution in [0.2, 0.25) is 0 Å². The van der Waals surface area contributed by atoms with E-state index in [1.807, 2.05) is 0 Å². The molecule has 8 heteroatoms. The number of thioether (sulfide) groups is 1. The molecule has 0 atom stereocenters. The Balaban J connectivity index is 1.68. The summed E-state index contributed by atoms with van der Waals surface area (Å²) in [5, 5.41) is 0. The predicted octanol–water partition coefficient (Wildman–Crippen LogP) is 2.87. The topological polar surface area (TPSA) is 75.3 Å². The molecule has 26 heavy (non-hydrogen) atoms. The molecule has 0 aliphatic heterocycles. The number of nitrogens with one attached hydrogen (secondary N) is 2. The van der Waals surface area contributed by atoms with Gasteiger partial charge in [0, 0.05) is 23.3 Å². The van der Waals surface area contributed by atoms with E-state index in [0.29, 0.717) is 10.5 Å². The number of ketones is 1. The largest absolute Gasteiger partial charge is 0.294 e. The fraction of sp³-hybridized carbons (Fsp3) is 0.167. The van der Waals surface area contributed by atoms with E-state index in [4.69, 9.17) is 0 Å². The van der Waals surface area contributed by atoms with E-state index >= 15 is 0 Å². The van der Waals surface area contributed by atoms with Crippen molar-refractivity contribution in [3.05, 3.63) is 65.7 Å². The molecule has 0 aliphatic rings. The Bertz CT molecular complexity index is 797. The van der Waals surface area contributed by atoms with Crippen molar-refractivity contribution in [3.8, 4) is 0 Å². The van der Waals surface area contributed by atoms with Gasteiger partial charge in [-0.25, -0.2) is 8.78 Å². The minimum Gasteiger partial charge on any atom is -0.294 e. The molecule has 0 saturated carbocycles. The zero-order chi connectivity index (χ0) is 18.9. The van der Waals surface area contributed by atoms with Crippen molar-refractivity contribution >= 4 is 29.4 Å². The lowest BCUT2D eigenvalue weighted by molar-refractivity contribution is -0.127. The molecule has 0 spiro atoms. The van der Waals surface area contributed by atoms with E-state index in [1.165, 1.54) is 30.3 Å². The number of amides is 2. The van der Waals surface area contributed by atoms with E-state index in [9.17, 15) is 23.2 Å². The molecule has 0 unspecified atom stereocenters. The van der Waals surface area contributed by atoms with Gasteiger partial charge in [-0.3, -0.25) is 25.2 Å². The molecule has 5 nitrogen and oxygen atoms in total. The smallest absolute Gasteiger partial charge is 0.248 e. The summed E-state index contributed by atoms with van der Waals surface area (Å²) in [7, 11) is 0. The number of hydrazine groups is 1. The zero-order valence-electron chi connectivity index (χ0n) is 13.6. The Morgan fingerprint density at radius 3 is 2.19 bits per heavy atom. The highest BCUT2D eigenvalue weighted by atomic mass is 32.2. The van der Waals surface area contributed by atoms with Gasteiger partial charge in [0.1, 0.15) is 11.6 Å². The van der Waals surface area contributed by atoms with Crippen LogP contribution < -0.4 is 10.9 Å². The van der Waals surface area contributed by atoms with Crippen molar-refractivity contribution < 1.29 is 23.2 Å². The third-order valence-corrected chi connectivity index (χ3v) is 4.33. The zero-order valence-corrected chi connectivity index (χ0v) is 14.4. The molecule has 136 valence electrons. The fourth-order valence-corrected chi connectivity index (χ4v) is 2.69. The van der Waals surface area contributed by atoms with Crippen molar-refractivity contribution in [1.29, 1.82) is 0 Å². The van der Waals surface area contributed by atoms with Crippen molar-refractivity contribution in [2.24, 2.45) is 0 Å². The van der Waals surface area contributed by atoms with Gasteiger partial charge in [0.05, 0.1) is 5.75 Å². The Labute approximate surface area is 153 Å². The van der Waals surface area contributed by atoms with Gasteiger partial charge in [0.25, 0.3) is 0 Å². The summed E-state index contributed by atoms with van der Waals surface area (Å²) in [6.07, 6.45) is -0.200. The van der Waals surface area contributed by atoms with Crippen LogP contribution in [0, 0.1) is 11.6 Å². The molecule has 0 saturated heterocycles. The molecule has 0 heterocycles. The van der Waals surface area contributed by atoms with E-state index < -0.39 is 23.4 Å². The molecule has 2 amide bonds. The monoisotopic (exact) mass is 378 g/mol. The molecular weight excluding hydrogens is 362 g/mol. The number of carbonyl (C=O) groups excluding carboxylic acids is 3. The standard InChI is InChI=1S/C18H16F2N2O3S/c19-13-7-5-12(6-8-13)15(23)9-10-17(24)21-22-18(25)11-26-16-4-2-1-3-14(16)20/h1-8H,9-11H2,(H,21,24)(H,22,25). The van der Waals surface area contributed by atoms with E-state index in [1.54, 1.807) is 18.2 Å². The predicted molar refractivity (Wildman–Crippen MR) is 93.4 cm³/mol. The van der Waals surface area contributed by atoms with Gasteiger partial charge in [-0.2, -0.15) is 0 Å². The highest BCUT2D eigenvalue weighted by molar-refractivity contribution is 8.00. The number of carbonyl (C=O) groups is 3. The summed E-state index contributed by atoms with van der Waals surface area (Å²) >= 11 is 1.00. The Morgan fingerprint density at radius 1 is 0.846 bits per heavy atom. The first-order valence-corrected chi connectivity index (χ1v) is 8.68. The average molecular weight is 378 g/mol. The summed E-state index contributed by atoms with van der Waals surface area (Å²) in [5.74, 6) is -2.29. The van der Waals surface area contributed by atoms with Crippen molar-refractivity contribution in [3.63, 3.8) is 0 Å². The number of hydrogen-bond acceptors (Lipinski definition) is 4. The fourth-order valence-electron chi connectivity index (χ4n) is 1.95. The van der Waals surface area contributed by atoms with Gasteiger partial charge in [-0.05, 0) is 36.4 Å².